The molecule has 4 rings (SSSR count). The Morgan fingerprint density at radius 2 is 1.93 bits per heavy atom. The van der Waals surface area contributed by atoms with E-state index in [9.17, 15) is 4.79 Å². The Hall–Kier alpha value is -1.75. The molecule has 3 fully saturated rings. The summed E-state index contributed by atoms with van der Waals surface area (Å²) in [5, 5.41) is 0. The van der Waals surface area contributed by atoms with Gasteiger partial charge in [0.25, 0.3) is 0 Å². The summed E-state index contributed by atoms with van der Waals surface area (Å²) in [4.78, 5) is 20.0. The molecule has 28 heavy (non-hydrogen) atoms. The van der Waals surface area contributed by atoms with Gasteiger partial charge in [-0.1, -0.05) is 26.0 Å². The summed E-state index contributed by atoms with van der Waals surface area (Å²) in [6.07, 6.45) is 4.73. The molecule has 1 spiro atoms. The lowest BCUT2D eigenvalue weighted by atomic mass is 9.97. The second-order valence-corrected chi connectivity index (χ2v) is 9.65. The SMILES string of the molecule is CC(C)COc1cccc(CN2CC3(CC3)CN(C3CCN(C)CC3)C2=O)c1. The molecule has 0 atom stereocenters. The summed E-state index contributed by atoms with van der Waals surface area (Å²) in [5.74, 6) is 1.41. The predicted molar refractivity (Wildman–Crippen MR) is 111 cm³/mol. The van der Waals surface area contributed by atoms with Crippen LogP contribution in [-0.2, 0) is 6.54 Å². The maximum Gasteiger partial charge on any atom is 0.320 e. The molecule has 1 aliphatic carbocycles. The molecule has 5 heteroatoms. The van der Waals surface area contributed by atoms with Crippen molar-refractivity contribution in [1.29, 1.82) is 0 Å². The minimum Gasteiger partial charge on any atom is -0.493 e. The average molecular weight is 386 g/mol. The van der Waals surface area contributed by atoms with E-state index in [-0.39, 0.29) is 6.03 Å². The number of amides is 2. The van der Waals surface area contributed by atoms with E-state index in [4.69, 9.17) is 4.74 Å². The van der Waals surface area contributed by atoms with Crippen LogP contribution in [0.2, 0.25) is 0 Å². The van der Waals surface area contributed by atoms with Crippen LogP contribution < -0.4 is 4.74 Å². The number of urea groups is 1. The van der Waals surface area contributed by atoms with Gasteiger partial charge in [-0.25, -0.2) is 4.79 Å². The van der Waals surface area contributed by atoms with Crippen molar-refractivity contribution in [2.45, 2.75) is 52.1 Å². The van der Waals surface area contributed by atoms with Crippen molar-refractivity contribution in [1.82, 2.24) is 14.7 Å². The highest BCUT2D eigenvalue weighted by atomic mass is 16.5. The molecule has 0 radical (unpaired) electrons. The van der Waals surface area contributed by atoms with Gasteiger partial charge in [-0.3, -0.25) is 0 Å². The molecule has 3 aliphatic rings. The molecular weight excluding hydrogens is 350 g/mol. The zero-order chi connectivity index (χ0) is 19.7. The van der Waals surface area contributed by atoms with Crippen LogP contribution in [0.25, 0.3) is 0 Å². The Morgan fingerprint density at radius 3 is 2.61 bits per heavy atom. The van der Waals surface area contributed by atoms with Gasteiger partial charge in [0.2, 0.25) is 0 Å². The minimum absolute atomic E-state index is 0.237. The van der Waals surface area contributed by atoms with Gasteiger partial charge >= 0.3 is 6.03 Å². The minimum atomic E-state index is 0.237. The number of benzene rings is 1. The van der Waals surface area contributed by atoms with E-state index in [1.165, 1.54) is 12.8 Å². The average Bonchev–Trinajstić information content (AvgIpc) is 3.43. The molecule has 2 saturated heterocycles. The fourth-order valence-electron chi connectivity index (χ4n) is 4.56. The third-order valence-corrected chi connectivity index (χ3v) is 6.49. The van der Waals surface area contributed by atoms with Crippen LogP contribution in [-0.4, -0.2) is 66.6 Å². The molecule has 0 unspecified atom stereocenters. The Morgan fingerprint density at radius 1 is 1.18 bits per heavy atom. The van der Waals surface area contributed by atoms with Crippen LogP contribution >= 0.6 is 0 Å². The van der Waals surface area contributed by atoms with Gasteiger partial charge in [0.1, 0.15) is 5.75 Å². The normalized spacial score (nSPS) is 22.9. The largest absolute Gasteiger partial charge is 0.493 e. The topological polar surface area (TPSA) is 36.0 Å². The number of likely N-dealkylation sites (tertiary alicyclic amines) is 1. The van der Waals surface area contributed by atoms with E-state index in [0.29, 0.717) is 23.9 Å². The zero-order valence-electron chi connectivity index (χ0n) is 17.7. The molecule has 2 heterocycles. The quantitative estimate of drug-likeness (QED) is 0.747. The lowest BCUT2D eigenvalue weighted by Crippen LogP contribution is -2.58. The van der Waals surface area contributed by atoms with Crippen LogP contribution in [0, 0.1) is 11.3 Å². The molecule has 5 nitrogen and oxygen atoms in total. The number of carbonyl (C=O) groups excluding carboxylic acids is 1. The van der Waals surface area contributed by atoms with Gasteiger partial charge in [-0.05, 0) is 69.4 Å². The fraction of sp³-hybridized carbons (Fsp3) is 0.696. The first-order chi connectivity index (χ1) is 13.4. The van der Waals surface area contributed by atoms with Crippen molar-refractivity contribution in [3.8, 4) is 5.75 Å². The van der Waals surface area contributed by atoms with Crippen molar-refractivity contribution in [3.05, 3.63) is 29.8 Å². The second-order valence-electron chi connectivity index (χ2n) is 9.65. The fourth-order valence-corrected chi connectivity index (χ4v) is 4.56. The molecule has 0 N–H and O–H groups in total. The number of carbonyl (C=O) groups is 1. The van der Waals surface area contributed by atoms with Gasteiger partial charge in [0.15, 0.2) is 0 Å². The predicted octanol–water partition coefficient (Wildman–Crippen LogP) is 3.83. The van der Waals surface area contributed by atoms with E-state index in [2.05, 4.69) is 47.7 Å². The lowest BCUT2D eigenvalue weighted by Gasteiger charge is -2.46. The van der Waals surface area contributed by atoms with E-state index in [0.717, 1.165) is 56.9 Å². The van der Waals surface area contributed by atoms with Crippen molar-refractivity contribution in [2.24, 2.45) is 11.3 Å². The number of ether oxygens (including phenoxy) is 1. The van der Waals surface area contributed by atoms with Crippen molar-refractivity contribution in [2.75, 3.05) is 39.8 Å². The molecule has 0 bridgehead atoms. The van der Waals surface area contributed by atoms with Crippen LogP contribution in [0.1, 0.15) is 45.1 Å². The first kappa shape index (κ1) is 19.6. The van der Waals surface area contributed by atoms with Crippen LogP contribution in [0.15, 0.2) is 24.3 Å². The van der Waals surface area contributed by atoms with Crippen molar-refractivity contribution < 1.29 is 9.53 Å². The summed E-state index contributed by atoms with van der Waals surface area (Å²) in [5.41, 5.74) is 1.51. The highest BCUT2D eigenvalue weighted by molar-refractivity contribution is 5.76. The van der Waals surface area contributed by atoms with E-state index < -0.39 is 0 Å². The van der Waals surface area contributed by atoms with Gasteiger partial charge in [-0.15, -0.1) is 0 Å². The number of hydrogen-bond donors (Lipinski definition) is 0. The Bertz CT molecular complexity index is 693. The third-order valence-electron chi connectivity index (χ3n) is 6.49. The van der Waals surface area contributed by atoms with Gasteiger partial charge in [-0.2, -0.15) is 0 Å². The van der Waals surface area contributed by atoms with Gasteiger partial charge < -0.3 is 19.4 Å². The lowest BCUT2D eigenvalue weighted by molar-refractivity contribution is 0.0521. The number of nitrogens with zero attached hydrogens (tertiary/aromatic N) is 3. The molecule has 1 aromatic rings. The monoisotopic (exact) mass is 385 g/mol. The number of hydrogen-bond acceptors (Lipinski definition) is 3. The van der Waals surface area contributed by atoms with Gasteiger partial charge in [0.05, 0.1) is 6.61 Å². The van der Waals surface area contributed by atoms with Crippen molar-refractivity contribution in [3.63, 3.8) is 0 Å². The van der Waals surface area contributed by atoms with E-state index in [1.807, 2.05) is 12.1 Å². The number of rotatable bonds is 6. The Labute approximate surface area is 169 Å². The highest BCUT2D eigenvalue weighted by Crippen LogP contribution is 2.50. The summed E-state index contributed by atoms with van der Waals surface area (Å²) < 4.78 is 5.89. The van der Waals surface area contributed by atoms with Crippen LogP contribution in [0.3, 0.4) is 0 Å². The van der Waals surface area contributed by atoms with E-state index in [1.54, 1.807) is 0 Å². The van der Waals surface area contributed by atoms with Gasteiger partial charge in [0, 0.05) is 31.1 Å². The third kappa shape index (κ3) is 4.45. The molecule has 2 amide bonds. The smallest absolute Gasteiger partial charge is 0.320 e. The van der Waals surface area contributed by atoms with Crippen LogP contribution in [0.5, 0.6) is 5.75 Å². The molecule has 2 aliphatic heterocycles. The Balaban J connectivity index is 1.45. The first-order valence-corrected chi connectivity index (χ1v) is 10.9. The maximum absolute atomic E-state index is 13.3. The first-order valence-electron chi connectivity index (χ1n) is 10.9. The summed E-state index contributed by atoms with van der Waals surface area (Å²) in [6.45, 7) is 9.78. The zero-order valence-corrected chi connectivity index (χ0v) is 17.7. The number of piperidine rings is 1. The molecule has 1 saturated carbocycles. The van der Waals surface area contributed by atoms with Crippen molar-refractivity contribution >= 4 is 6.03 Å². The maximum atomic E-state index is 13.3. The second kappa shape index (κ2) is 7.94. The molecule has 1 aromatic carbocycles. The summed E-state index contributed by atoms with van der Waals surface area (Å²) in [6, 6.07) is 8.91. The van der Waals surface area contributed by atoms with Crippen LogP contribution in [0.4, 0.5) is 4.79 Å². The standard InChI is InChI=1S/C23H35N3O2/c1-18(2)15-28-21-6-4-5-19(13-21)14-25-16-23(9-10-23)17-26(22(25)27)20-7-11-24(3)12-8-20/h4-6,13,18,20H,7-12,14-17H2,1-3H3. The highest BCUT2D eigenvalue weighted by Gasteiger charge is 2.52. The molecule has 0 aromatic heterocycles. The summed E-state index contributed by atoms with van der Waals surface area (Å²) >= 11 is 0. The van der Waals surface area contributed by atoms with E-state index >= 15 is 0 Å². The summed E-state index contributed by atoms with van der Waals surface area (Å²) in [7, 11) is 2.18. The molecular formula is C23H35N3O2. The Kier molecular flexibility index (Phi) is 5.55. The molecule has 154 valence electrons.